The van der Waals surface area contributed by atoms with Gasteiger partial charge in [-0.25, -0.2) is 4.99 Å². The van der Waals surface area contributed by atoms with Gasteiger partial charge in [0.25, 0.3) is 0 Å². The molecule has 0 spiro atoms. The lowest BCUT2D eigenvalue weighted by Gasteiger charge is -2.27. The van der Waals surface area contributed by atoms with Crippen LogP contribution in [0.1, 0.15) is 24.0 Å². The highest BCUT2D eigenvalue weighted by molar-refractivity contribution is 14.0. The van der Waals surface area contributed by atoms with Gasteiger partial charge >= 0.3 is 0 Å². The summed E-state index contributed by atoms with van der Waals surface area (Å²) in [5, 5.41) is 0. The molecule has 1 aromatic carbocycles. The molecule has 0 atom stereocenters. The van der Waals surface area contributed by atoms with Crippen LogP contribution in [0.4, 0.5) is 0 Å². The van der Waals surface area contributed by atoms with E-state index < -0.39 is 0 Å². The van der Waals surface area contributed by atoms with E-state index in [0.29, 0.717) is 25.5 Å². The second-order valence-electron chi connectivity index (χ2n) is 6.01. The van der Waals surface area contributed by atoms with Crippen molar-refractivity contribution >= 4 is 47.6 Å². The standard InChI is InChI=1S/C17H24N4OS.HI/c18-17(20-7-9-23-10-8-20)19-12-14-3-1-4-15(11-14)13-21-6-2-5-16(21)22;/h1,3-4,11H,2,5-10,12-13H2,(H2,18,19);1H. The summed E-state index contributed by atoms with van der Waals surface area (Å²) in [5.74, 6) is 3.15. The number of carbonyl (C=O) groups is 1. The number of rotatable bonds is 4. The molecule has 3 rings (SSSR count). The van der Waals surface area contributed by atoms with Crippen LogP contribution in [-0.2, 0) is 17.9 Å². The number of hydrogen-bond acceptors (Lipinski definition) is 3. The van der Waals surface area contributed by atoms with Gasteiger partial charge in [0.05, 0.1) is 6.54 Å². The number of hydrogen-bond donors (Lipinski definition) is 1. The molecule has 0 unspecified atom stereocenters. The van der Waals surface area contributed by atoms with Crippen LogP contribution in [-0.4, -0.2) is 52.8 Å². The number of aliphatic imine (C=N–C) groups is 1. The lowest BCUT2D eigenvalue weighted by atomic mass is 10.1. The van der Waals surface area contributed by atoms with Gasteiger partial charge in [0.1, 0.15) is 0 Å². The van der Waals surface area contributed by atoms with Gasteiger partial charge < -0.3 is 15.5 Å². The number of benzene rings is 1. The second-order valence-corrected chi connectivity index (χ2v) is 7.24. The largest absolute Gasteiger partial charge is 0.370 e. The van der Waals surface area contributed by atoms with Crippen molar-refractivity contribution in [2.45, 2.75) is 25.9 Å². The van der Waals surface area contributed by atoms with Crippen LogP contribution < -0.4 is 5.73 Å². The van der Waals surface area contributed by atoms with E-state index in [1.807, 2.05) is 22.7 Å². The number of nitrogens with zero attached hydrogens (tertiary/aromatic N) is 3. The SMILES string of the molecule is I.NC(=NCc1cccc(CN2CCCC2=O)c1)N1CCSCC1. The second kappa shape index (κ2) is 9.50. The molecule has 0 saturated carbocycles. The van der Waals surface area contributed by atoms with Crippen molar-refractivity contribution in [3.63, 3.8) is 0 Å². The summed E-state index contributed by atoms with van der Waals surface area (Å²) in [4.78, 5) is 20.4. The fourth-order valence-electron chi connectivity index (χ4n) is 2.98. The molecule has 0 aromatic heterocycles. The highest BCUT2D eigenvalue weighted by Crippen LogP contribution is 2.16. The molecule has 2 aliphatic rings. The summed E-state index contributed by atoms with van der Waals surface area (Å²) >= 11 is 1.96. The normalized spacial score (nSPS) is 18.7. The minimum absolute atomic E-state index is 0. The van der Waals surface area contributed by atoms with E-state index >= 15 is 0 Å². The molecule has 2 fully saturated rings. The van der Waals surface area contributed by atoms with E-state index in [0.717, 1.165) is 43.1 Å². The van der Waals surface area contributed by atoms with Crippen LogP contribution in [0, 0.1) is 0 Å². The van der Waals surface area contributed by atoms with Crippen molar-refractivity contribution in [3.8, 4) is 0 Å². The van der Waals surface area contributed by atoms with Crippen molar-refractivity contribution in [2.24, 2.45) is 10.7 Å². The first-order chi connectivity index (χ1) is 11.2. The molecule has 2 N–H and O–H groups in total. The Hall–Kier alpha value is -0.960. The van der Waals surface area contributed by atoms with E-state index in [-0.39, 0.29) is 29.9 Å². The third-order valence-electron chi connectivity index (χ3n) is 4.29. The van der Waals surface area contributed by atoms with Gasteiger partial charge in [-0.05, 0) is 17.5 Å². The summed E-state index contributed by atoms with van der Waals surface area (Å²) in [6, 6.07) is 8.31. The Morgan fingerprint density at radius 3 is 2.67 bits per heavy atom. The number of guanidine groups is 1. The van der Waals surface area contributed by atoms with Crippen molar-refractivity contribution in [2.75, 3.05) is 31.1 Å². The quantitative estimate of drug-likeness (QED) is 0.426. The van der Waals surface area contributed by atoms with E-state index in [2.05, 4.69) is 28.1 Å². The zero-order valence-electron chi connectivity index (χ0n) is 13.8. The van der Waals surface area contributed by atoms with Crippen LogP contribution >= 0.6 is 35.7 Å². The third-order valence-corrected chi connectivity index (χ3v) is 5.24. The Bertz CT molecular complexity index is 590. The lowest BCUT2D eigenvalue weighted by Crippen LogP contribution is -2.42. The average molecular weight is 460 g/mol. The monoisotopic (exact) mass is 460 g/mol. The summed E-state index contributed by atoms with van der Waals surface area (Å²) in [7, 11) is 0. The molecule has 132 valence electrons. The first-order valence-electron chi connectivity index (χ1n) is 8.20. The van der Waals surface area contributed by atoms with Gasteiger partial charge in [-0.1, -0.05) is 24.3 Å². The van der Waals surface area contributed by atoms with E-state index in [1.165, 1.54) is 5.56 Å². The number of nitrogens with two attached hydrogens (primary N) is 1. The van der Waals surface area contributed by atoms with Crippen molar-refractivity contribution in [1.29, 1.82) is 0 Å². The minimum atomic E-state index is 0. The molecule has 0 radical (unpaired) electrons. The van der Waals surface area contributed by atoms with E-state index in [9.17, 15) is 4.79 Å². The molecule has 5 nitrogen and oxygen atoms in total. The molecule has 0 aliphatic carbocycles. The highest BCUT2D eigenvalue weighted by Gasteiger charge is 2.19. The van der Waals surface area contributed by atoms with Gasteiger partial charge in [0.15, 0.2) is 5.96 Å². The molecule has 7 heteroatoms. The molecule has 1 aromatic rings. The van der Waals surface area contributed by atoms with Crippen LogP contribution in [0.2, 0.25) is 0 Å². The number of thioether (sulfide) groups is 1. The molecule has 2 saturated heterocycles. The minimum Gasteiger partial charge on any atom is -0.370 e. The van der Waals surface area contributed by atoms with Crippen molar-refractivity contribution in [1.82, 2.24) is 9.80 Å². The Morgan fingerprint density at radius 2 is 1.96 bits per heavy atom. The molecule has 2 heterocycles. The summed E-state index contributed by atoms with van der Waals surface area (Å²) < 4.78 is 0. The number of carbonyl (C=O) groups excluding carboxylic acids is 1. The van der Waals surface area contributed by atoms with Crippen LogP contribution in [0.5, 0.6) is 0 Å². The maximum atomic E-state index is 11.7. The van der Waals surface area contributed by atoms with Gasteiger partial charge in [-0.3, -0.25) is 4.79 Å². The number of likely N-dealkylation sites (tertiary alicyclic amines) is 1. The van der Waals surface area contributed by atoms with Crippen LogP contribution in [0.3, 0.4) is 0 Å². The Labute approximate surface area is 165 Å². The van der Waals surface area contributed by atoms with Gasteiger partial charge in [-0.2, -0.15) is 11.8 Å². The van der Waals surface area contributed by atoms with Crippen LogP contribution in [0.15, 0.2) is 29.3 Å². The topological polar surface area (TPSA) is 61.9 Å². The maximum Gasteiger partial charge on any atom is 0.222 e. The number of amides is 1. The predicted octanol–water partition coefficient (Wildman–Crippen LogP) is 2.29. The smallest absolute Gasteiger partial charge is 0.222 e. The summed E-state index contributed by atoms with van der Waals surface area (Å²) in [5.41, 5.74) is 8.41. The Morgan fingerprint density at radius 1 is 1.21 bits per heavy atom. The Kier molecular flexibility index (Phi) is 7.67. The fraction of sp³-hybridized carbons (Fsp3) is 0.529. The molecule has 24 heavy (non-hydrogen) atoms. The van der Waals surface area contributed by atoms with Crippen LogP contribution in [0.25, 0.3) is 0 Å². The van der Waals surface area contributed by atoms with Gasteiger partial charge in [0, 0.05) is 44.1 Å². The van der Waals surface area contributed by atoms with Gasteiger partial charge in [-0.15, -0.1) is 24.0 Å². The molecular formula is C17H25IN4OS. The lowest BCUT2D eigenvalue weighted by molar-refractivity contribution is -0.128. The fourth-order valence-corrected chi connectivity index (χ4v) is 3.89. The zero-order valence-corrected chi connectivity index (χ0v) is 17.0. The maximum absolute atomic E-state index is 11.7. The first-order valence-corrected chi connectivity index (χ1v) is 9.36. The molecule has 1 amide bonds. The highest BCUT2D eigenvalue weighted by atomic mass is 127. The number of halogens is 1. The predicted molar refractivity (Wildman–Crippen MR) is 111 cm³/mol. The third kappa shape index (κ3) is 5.27. The zero-order chi connectivity index (χ0) is 16.1. The van der Waals surface area contributed by atoms with E-state index in [1.54, 1.807) is 0 Å². The van der Waals surface area contributed by atoms with E-state index in [4.69, 9.17) is 5.73 Å². The molecule has 0 bridgehead atoms. The molecular weight excluding hydrogens is 435 g/mol. The summed E-state index contributed by atoms with van der Waals surface area (Å²) in [6.07, 6.45) is 1.67. The first kappa shape index (κ1) is 19.4. The van der Waals surface area contributed by atoms with Crippen molar-refractivity contribution in [3.05, 3.63) is 35.4 Å². The molecule has 2 aliphatic heterocycles. The van der Waals surface area contributed by atoms with Gasteiger partial charge in [0.2, 0.25) is 5.91 Å². The van der Waals surface area contributed by atoms with Crippen molar-refractivity contribution < 1.29 is 4.79 Å². The summed E-state index contributed by atoms with van der Waals surface area (Å²) in [6.45, 7) is 4.14. The Balaban J connectivity index is 0.00000208. The average Bonchev–Trinajstić information content (AvgIpc) is 2.99.